The number of benzene rings is 1. The van der Waals surface area contributed by atoms with E-state index in [1.807, 2.05) is 6.07 Å². The molecular formula is C16H14FN3O. The van der Waals surface area contributed by atoms with Crippen LogP contribution in [0, 0.1) is 17.1 Å². The van der Waals surface area contributed by atoms with Crippen LogP contribution in [0.4, 0.5) is 10.1 Å². The second kappa shape index (κ2) is 5.41. The van der Waals surface area contributed by atoms with Crippen molar-refractivity contribution >= 4 is 5.69 Å². The molecule has 1 atom stereocenters. The number of nitriles is 1. The van der Waals surface area contributed by atoms with Crippen LogP contribution in [0.2, 0.25) is 0 Å². The molecule has 0 radical (unpaired) electrons. The van der Waals surface area contributed by atoms with Gasteiger partial charge in [-0.05, 0) is 49.1 Å². The van der Waals surface area contributed by atoms with Crippen LogP contribution in [0.15, 0.2) is 35.1 Å². The van der Waals surface area contributed by atoms with Crippen molar-refractivity contribution < 1.29 is 4.39 Å². The van der Waals surface area contributed by atoms with Crippen molar-refractivity contribution in [1.29, 1.82) is 5.26 Å². The maximum Gasteiger partial charge on any atom is 0.248 e. The number of hydrogen-bond donors (Lipinski definition) is 2. The summed E-state index contributed by atoms with van der Waals surface area (Å²) < 4.78 is 14.0. The van der Waals surface area contributed by atoms with Gasteiger partial charge in [-0.1, -0.05) is 0 Å². The predicted octanol–water partition coefficient (Wildman–Crippen LogP) is 2.88. The maximum atomic E-state index is 14.0. The van der Waals surface area contributed by atoms with Gasteiger partial charge in [0.1, 0.15) is 5.82 Å². The Morgan fingerprint density at radius 2 is 2.19 bits per heavy atom. The number of aryl methyl sites for hydroxylation is 1. The summed E-state index contributed by atoms with van der Waals surface area (Å²) in [6.45, 7) is 0. The minimum Gasteiger partial charge on any atom is -0.376 e. The Balaban J connectivity index is 1.90. The van der Waals surface area contributed by atoms with Gasteiger partial charge in [0.15, 0.2) is 0 Å². The number of aromatic nitrogens is 1. The summed E-state index contributed by atoms with van der Waals surface area (Å²) in [5, 5.41) is 11.9. The van der Waals surface area contributed by atoms with Crippen LogP contribution >= 0.6 is 0 Å². The standard InChI is InChI=1S/C16H14FN3O/c17-12-8-10(9-18)4-6-15(12)19-13-2-1-3-14-11(13)5-7-16(21)20-14/h4-8,13,19H,1-3H2,(H,20,21). The number of H-pyrrole nitrogens is 1. The van der Waals surface area contributed by atoms with Gasteiger partial charge in [0, 0.05) is 11.8 Å². The van der Waals surface area contributed by atoms with Gasteiger partial charge in [-0.15, -0.1) is 0 Å². The zero-order chi connectivity index (χ0) is 14.8. The van der Waals surface area contributed by atoms with E-state index in [0.717, 1.165) is 30.5 Å². The van der Waals surface area contributed by atoms with Crippen molar-refractivity contribution in [2.24, 2.45) is 0 Å². The van der Waals surface area contributed by atoms with Gasteiger partial charge in [-0.25, -0.2) is 4.39 Å². The lowest BCUT2D eigenvalue weighted by Crippen LogP contribution is -2.22. The Bertz CT molecular complexity index is 776. The van der Waals surface area contributed by atoms with Crippen molar-refractivity contribution in [2.75, 3.05) is 5.32 Å². The van der Waals surface area contributed by atoms with Gasteiger partial charge in [0.2, 0.25) is 5.56 Å². The molecule has 106 valence electrons. The summed E-state index contributed by atoms with van der Waals surface area (Å²) >= 11 is 0. The zero-order valence-corrected chi connectivity index (χ0v) is 11.3. The van der Waals surface area contributed by atoms with Gasteiger partial charge in [0.25, 0.3) is 0 Å². The fourth-order valence-electron chi connectivity index (χ4n) is 2.74. The molecule has 0 fully saturated rings. The van der Waals surface area contributed by atoms with E-state index in [4.69, 9.17) is 5.26 Å². The van der Waals surface area contributed by atoms with E-state index in [1.165, 1.54) is 12.1 Å². The van der Waals surface area contributed by atoms with Crippen LogP contribution in [0.1, 0.15) is 35.7 Å². The average Bonchev–Trinajstić information content (AvgIpc) is 2.49. The highest BCUT2D eigenvalue weighted by Crippen LogP contribution is 2.31. The molecule has 1 unspecified atom stereocenters. The molecular weight excluding hydrogens is 269 g/mol. The van der Waals surface area contributed by atoms with Crippen molar-refractivity contribution in [3.63, 3.8) is 0 Å². The molecule has 0 saturated carbocycles. The number of pyridine rings is 1. The number of nitrogens with one attached hydrogen (secondary N) is 2. The Kier molecular flexibility index (Phi) is 3.44. The highest BCUT2D eigenvalue weighted by molar-refractivity contribution is 5.51. The molecule has 3 rings (SSSR count). The SMILES string of the molecule is N#Cc1ccc(NC2CCCc3[nH]c(=O)ccc32)c(F)c1. The average molecular weight is 283 g/mol. The summed E-state index contributed by atoms with van der Waals surface area (Å²) in [4.78, 5) is 14.2. The Labute approximate surface area is 121 Å². The normalized spacial score (nSPS) is 16.9. The van der Waals surface area contributed by atoms with Crippen molar-refractivity contribution in [3.8, 4) is 6.07 Å². The minimum absolute atomic E-state index is 0.0342. The van der Waals surface area contributed by atoms with Crippen LogP contribution in [0.25, 0.3) is 0 Å². The Hall–Kier alpha value is -2.61. The van der Waals surface area contributed by atoms with E-state index in [9.17, 15) is 9.18 Å². The smallest absolute Gasteiger partial charge is 0.248 e. The molecule has 2 N–H and O–H groups in total. The molecule has 2 aromatic rings. The van der Waals surface area contributed by atoms with Gasteiger partial charge < -0.3 is 10.3 Å². The third-order valence-electron chi connectivity index (χ3n) is 3.76. The number of anilines is 1. The first-order chi connectivity index (χ1) is 10.2. The van der Waals surface area contributed by atoms with Crippen molar-refractivity contribution in [1.82, 2.24) is 4.98 Å². The van der Waals surface area contributed by atoms with Crippen LogP contribution < -0.4 is 10.9 Å². The molecule has 4 nitrogen and oxygen atoms in total. The first-order valence-electron chi connectivity index (χ1n) is 6.85. The quantitative estimate of drug-likeness (QED) is 0.890. The Morgan fingerprint density at radius 3 is 2.95 bits per heavy atom. The number of nitrogens with zero attached hydrogens (tertiary/aromatic N) is 1. The summed E-state index contributed by atoms with van der Waals surface area (Å²) in [5.74, 6) is -0.439. The minimum atomic E-state index is -0.439. The molecule has 0 spiro atoms. The lowest BCUT2D eigenvalue weighted by molar-refractivity contribution is 0.576. The number of fused-ring (bicyclic) bond motifs is 1. The fourth-order valence-corrected chi connectivity index (χ4v) is 2.74. The van der Waals surface area contributed by atoms with E-state index in [-0.39, 0.29) is 11.6 Å². The largest absolute Gasteiger partial charge is 0.376 e. The molecule has 0 bridgehead atoms. The lowest BCUT2D eigenvalue weighted by Gasteiger charge is -2.27. The van der Waals surface area contributed by atoms with Gasteiger partial charge in [-0.3, -0.25) is 4.79 Å². The van der Waals surface area contributed by atoms with Crippen LogP contribution in [-0.4, -0.2) is 4.98 Å². The van der Waals surface area contributed by atoms with Gasteiger partial charge >= 0.3 is 0 Å². The molecule has 0 saturated heterocycles. The third-order valence-corrected chi connectivity index (χ3v) is 3.76. The van der Waals surface area contributed by atoms with Gasteiger partial charge in [-0.2, -0.15) is 5.26 Å². The molecule has 0 amide bonds. The molecule has 1 aliphatic rings. The first kappa shape index (κ1) is 13.4. The van der Waals surface area contributed by atoms with E-state index >= 15 is 0 Å². The summed E-state index contributed by atoms with van der Waals surface area (Å²) in [6.07, 6.45) is 2.64. The summed E-state index contributed by atoms with van der Waals surface area (Å²) in [6, 6.07) is 9.55. The number of halogens is 1. The van der Waals surface area contributed by atoms with Crippen molar-refractivity contribution in [3.05, 3.63) is 63.3 Å². The third kappa shape index (κ3) is 2.65. The molecule has 1 aromatic carbocycles. The second-order valence-corrected chi connectivity index (χ2v) is 5.15. The number of hydrogen-bond acceptors (Lipinski definition) is 3. The second-order valence-electron chi connectivity index (χ2n) is 5.15. The van der Waals surface area contributed by atoms with E-state index in [1.54, 1.807) is 18.2 Å². The molecule has 1 aromatic heterocycles. The lowest BCUT2D eigenvalue weighted by atomic mass is 9.91. The van der Waals surface area contributed by atoms with Crippen LogP contribution in [0.5, 0.6) is 0 Å². The fraction of sp³-hybridized carbons (Fsp3) is 0.250. The molecule has 21 heavy (non-hydrogen) atoms. The van der Waals surface area contributed by atoms with Crippen molar-refractivity contribution in [2.45, 2.75) is 25.3 Å². The Morgan fingerprint density at radius 1 is 1.33 bits per heavy atom. The van der Waals surface area contributed by atoms with Gasteiger partial charge in [0.05, 0.1) is 23.4 Å². The highest BCUT2D eigenvalue weighted by atomic mass is 19.1. The number of rotatable bonds is 2. The summed E-state index contributed by atoms with van der Waals surface area (Å²) in [7, 11) is 0. The first-order valence-corrected chi connectivity index (χ1v) is 6.85. The topological polar surface area (TPSA) is 68.7 Å². The van der Waals surface area contributed by atoms with E-state index in [0.29, 0.717) is 11.3 Å². The van der Waals surface area contributed by atoms with E-state index < -0.39 is 5.82 Å². The molecule has 0 aliphatic heterocycles. The predicted molar refractivity (Wildman–Crippen MR) is 77.5 cm³/mol. The zero-order valence-electron chi connectivity index (χ0n) is 11.3. The molecule has 1 aliphatic carbocycles. The number of aromatic amines is 1. The van der Waals surface area contributed by atoms with E-state index in [2.05, 4.69) is 10.3 Å². The maximum absolute atomic E-state index is 14.0. The molecule has 1 heterocycles. The van der Waals surface area contributed by atoms with Crippen LogP contribution in [0.3, 0.4) is 0 Å². The van der Waals surface area contributed by atoms with Crippen LogP contribution in [-0.2, 0) is 6.42 Å². The molecule has 5 heteroatoms. The monoisotopic (exact) mass is 283 g/mol. The highest BCUT2D eigenvalue weighted by Gasteiger charge is 2.21. The summed E-state index contributed by atoms with van der Waals surface area (Å²) in [5.41, 5.74) is 2.48.